The van der Waals surface area contributed by atoms with E-state index < -0.39 is 22.1 Å². The minimum Gasteiger partial charge on any atom is -0.481 e. The number of allylic oxidation sites excluding steroid dienone is 1. The maximum atomic E-state index is 12.2. The Hall–Kier alpha value is -0.920. The highest BCUT2D eigenvalue weighted by Crippen LogP contribution is 2.20. The van der Waals surface area contributed by atoms with Gasteiger partial charge in [-0.3, -0.25) is 4.79 Å². The van der Waals surface area contributed by atoms with Crippen LogP contribution in [0.3, 0.4) is 0 Å². The van der Waals surface area contributed by atoms with Crippen molar-refractivity contribution in [1.29, 1.82) is 0 Å². The number of nitrogens with one attached hydrogen (secondary N) is 1. The fourth-order valence-electron chi connectivity index (χ4n) is 2.55. The summed E-state index contributed by atoms with van der Waals surface area (Å²) in [6.07, 6.45) is 7.56. The SMILES string of the molecule is O=C(O)C1CCCN(S(=O)(=O)NC2CC=CCC2)C1. The quantitative estimate of drug-likeness (QED) is 0.747. The standard InChI is InChI=1S/C12H20N2O4S/c15-12(16)10-5-4-8-14(9-10)19(17,18)13-11-6-2-1-3-7-11/h1-2,10-11,13H,3-9H2,(H,15,16). The Bertz CT molecular complexity index is 460. The molecule has 7 heteroatoms. The predicted octanol–water partition coefficient (Wildman–Crippen LogP) is 0.726. The van der Waals surface area contributed by atoms with Crippen molar-refractivity contribution >= 4 is 16.2 Å². The van der Waals surface area contributed by atoms with Crippen molar-refractivity contribution in [3.63, 3.8) is 0 Å². The zero-order valence-electron chi connectivity index (χ0n) is 10.8. The van der Waals surface area contributed by atoms with Gasteiger partial charge in [0, 0.05) is 19.1 Å². The monoisotopic (exact) mass is 288 g/mol. The van der Waals surface area contributed by atoms with E-state index in [1.165, 1.54) is 4.31 Å². The molecule has 0 aromatic carbocycles. The van der Waals surface area contributed by atoms with Crippen LogP contribution < -0.4 is 4.72 Å². The number of hydrogen-bond acceptors (Lipinski definition) is 3. The molecule has 1 heterocycles. The normalized spacial score (nSPS) is 29.3. The number of hydrogen-bond donors (Lipinski definition) is 2. The maximum Gasteiger partial charge on any atom is 0.307 e. The van der Waals surface area contributed by atoms with E-state index in [1.807, 2.05) is 12.2 Å². The lowest BCUT2D eigenvalue weighted by molar-refractivity contribution is -0.142. The molecule has 1 aliphatic heterocycles. The summed E-state index contributed by atoms with van der Waals surface area (Å²) in [4.78, 5) is 11.0. The highest BCUT2D eigenvalue weighted by Gasteiger charge is 2.33. The molecule has 0 bridgehead atoms. The van der Waals surface area contributed by atoms with Gasteiger partial charge >= 0.3 is 5.97 Å². The summed E-state index contributed by atoms with van der Waals surface area (Å²) in [5, 5.41) is 8.99. The van der Waals surface area contributed by atoms with Crippen molar-refractivity contribution < 1.29 is 18.3 Å². The number of carbonyl (C=O) groups is 1. The molecular weight excluding hydrogens is 268 g/mol. The fourth-order valence-corrected chi connectivity index (χ4v) is 4.08. The van der Waals surface area contributed by atoms with Crippen LogP contribution in [0.5, 0.6) is 0 Å². The molecule has 0 saturated carbocycles. The lowest BCUT2D eigenvalue weighted by Gasteiger charge is -2.31. The van der Waals surface area contributed by atoms with Gasteiger partial charge in [0.2, 0.25) is 0 Å². The molecule has 0 aromatic heterocycles. The molecule has 2 unspecified atom stereocenters. The number of carboxylic acids is 1. The second-order valence-corrected chi connectivity index (χ2v) is 6.84. The van der Waals surface area contributed by atoms with Gasteiger partial charge < -0.3 is 5.11 Å². The van der Waals surface area contributed by atoms with Crippen molar-refractivity contribution in [2.45, 2.75) is 38.1 Å². The number of piperidine rings is 1. The summed E-state index contributed by atoms with van der Waals surface area (Å²) >= 11 is 0. The summed E-state index contributed by atoms with van der Waals surface area (Å²) in [7, 11) is -3.56. The average Bonchev–Trinajstić information content (AvgIpc) is 2.39. The number of carboxylic acid groups (broad SMARTS) is 1. The van der Waals surface area contributed by atoms with Crippen molar-refractivity contribution in [3.05, 3.63) is 12.2 Å². The van der Waals surface area contributed by atoms with Gasteiger partial charge in [0.1, 0.15) is 0 Å². The highest BCUT2D eigenvalue weighted by molar-refractivity contribution is 7.87. The van der Waals surface area contributed by atoms with Gasteiger partial charge in [0.05, 0.1) is 5.92 Å². The van der Waals surface area contributed by atoms with Crippen LogP contribution in [0, 0.1) is 5.92 Å². The maximum absolute atomic E-state index is 12.2. The Kier molecular flexibility index (Phi) is 4.59. The Morgan fingerprint density at radius 3 is 2.74 bits per heavy atom. The lowest BCUT2D eigenvalue weighted by atomic mass is 10.0. The largest absolute Gasteiger partial charge is 0.481 e. The molecule has 19 heavy (non-hydrogen) atoms. The number of rotatable bonds is 4. The van der Waals surface area contributed by atoms with Crippen LogP contribution in [0.1, 0.15) is 32.1 Å². The van der Waals surface area contributed by atoms with E-state index in [2.05, 4.69) is 4.72 Å². The summed E-state index contributed by atoms with van der Waals surface area (Å²) in [6, 6.07) is -0.0693. The molecule has 108 valence electrons. The van der Waals surface area contributed by atoms with Gasteiger partial charge in [0.15, 0.2) is 0 Å². The Balaban J connectivity index is 1.98. The van der Waals surface area contributed by atoms with Gasteiger partial charge in [-0.25, -0.2) is 0 Å². The second kappa shape index (κ2) is 6.02. The fraction of sp³-hybridized carbons (Fsp3) is 0.750. The Morgan fingerprint density at radius 2 is 2.11 bits per heavy atom. The first kappa shape index (κ1) is 14.5. The van der Waals surface area contributed by atoms with E-state index in [4.69, 9.17) is 5.11 Å². The first-order chi connectivity index (χ1) is 8.99. The minimum absolute atomic E-state index is 0.0693. The van der Waals surface area contributed by atoms with E-state index in [9.17, 15) is 13.2 Å². The molecule has 2 aliphatic rings. The van der Waals surface area contributed by atoms with Crippen LogP contribution in [0.4, 0.5) is 0 Å². The topological polar surface area (TPSA) is 86.7 Å². The first-order valence-electron chi connectivity index (χ1n) is 6.64. The lowest BCUT2D eigenvalue weighted by Crippen LogP contribution is -2.50. The van der Waals surface area contributed by atoms with Crippen LogP contribution in [-0.4, -0.2) is 42.9 Å². The summed E-state index contributed by atoms with van der Waals surface area (Å²) in [6.45, 7) is 0.481. The molecule has 0 aromatic rings. The zero-order valence-corrected chi connectivity index (χ0v) is 11.6. The Labute approximate surface area is 113 Å². The molecule has 1 aliphatic carbocycles. The molecule has 2 atom stereocenters. The van der Waals surface area contributed by atoms with E-state index >= 15 is 0 Å². The van der Waals surface area contributed by atoms with Crippen molar-refractivity contribution in [2.75, 3.05) is 13.1 Å². The Morgan fingerprint density at radius 1 is 1.32 bits per heavy atom. The molecule has 0 radical (unpaired) electrons. The molecule has 0 amide bonds. The van der Waals surface area contributed by atoms with E-state index in [1.54, 1.807) is 0 Å². The number of nitrogens with zero attached hydrogens (tertiary/aromatic N) is 1. The van der Waals surface area contributed by atoms with Gasteiger partial charge in [0.25, 0.3) is 10.2 Å². The third-order valence-corrected chi connectivity index (χ3v) is 5.30. The van der Waals surface area contributed by atoms with Crippen LogP contribution in [0.2, 0.25) is 0 Å². The highest BCUT2D eigenvalue weighted by atomic mass is 32.2. The van der Waals surface area contributed by atoms with Crippen LogP contribution in [0.25, 0.3) is 0 Å². The van der Waals surface area contributed by atoms with Crippen LogP contribution >= 0.6 is 0 Å². The van der Waals surface area contributed by atoms with Crippen molar-refractivity contribution in [2.24, 2.45) is 5.92 Å². The number of aliphatic carboxylic acids is 1. The average molecular weight is 288 g/mol. The summed E-state index contributed by atoms with van der Waals surface area (Å²) in [5.74, 6) is -1.50. The molecular formula is C12H20N2O4S. The second-order valence-electron chi connectivity index (χ2n) is 5.14. The van der Waals surface area contributed by atoms with E-state index in [-0.39, 0.29) is 12.6 Å². The molecule has 1 saturated heterocycles. The smallest absolute Gasteiger partial charge is 0.307 e. The predicted molar refractivity (Wildman–Crippen MR) is 70.8 cm³/mol. The minimum atomic E-state index is -3.56. The third-order valence-electron chi connectivity index (χ3n) is 3.66. The molecule has 1 fully saturated rings. The van der Waals surface area contributed by atoms with Crippen LogP contribution in [0.15, 0.2) is 12.2 Å². The molecule has 0 spiro atoms. The van der Waals surface area contributed by atoms with Crippen molar-refractivity contribution in [1.82, 2.24) is 9.03 Å². The van der Waals surface area contributed by atoms with Crippen LogP contribution in [-0.2, 0) is 15.0 Å². The van der Waals surface area contributed by atoms with Gasteiger partial charge in [-0.1, -0.05) is 12.2 Å². The summed E-state index contributed by atoms with van der Waals surface area (Å²) in [5.41, 5.74) is 0. The van der Waals surface area contributed by atoms with E-state index in [0.717, 1.165) is 12.8 Å². The molecule has 2 N–H and O–H groups in total. The van der Waals surface area contributed by atoms with Gasteiger partial charge in [-0.15, -0.1) is 0 Å². The first-order valence-corrected chi connectivity index (χ1v) is 8.08. The zero-order chi connectivity index (χ0) is 13.9. The van der Waals surface area contributed by atoms with Crippen molar-refractivity contribution in [3.8, 4) is 0 Å². The molecule has 6 nitrogen and oxygen atoms in total. The van der Waals surface area contributed by atoms with E-state index in [0.29, 0.717) is 25.8 Å². The van der Waals surface area contributed by atoms with Gasteiger partial charge in [-0.2, -0.15) is 17.4 Å². The van der Waals surface area contributed by atoms with Gasteiger partial charge in [-0.05, 0) is 32.1 Å². The summed E-state index contributed by atoms with van der Waals surface area (Å²) < 4.78 is 28.4. The third kappa shape index (κ3) is 3.77. The molecule has 2 rings (SSSR count).